The van der Waals surface area contributed by atoms with E-state index in [9.17, 15) is 8.78 Å². The van der Waals surface area contributed by atoms with Gasteiger partial charge in [0.25, 0.3) is 0 Å². The Hall–Kier alpha value is -2.37. The van der Waals surface area contributed by atoms with E-state index in [2.05, 4.69) is 31.6 Å². The van der Waals surface area contributed by atoms with E-state index in [4.69, 9.17) is 9.47 Å². The smallest absolute Gasteiger partial charge is 0.387 e. The molecule has 10 heteroatoms. The first kappa shape index (κ1) is 26.9. The van der Waals surface area contributed by atoms with Crippen molar-refractivity contribution in [1.82, 2.24) is 15.6 Å². The van der Waals surface area contributed by atoms with E-state index in [1.807, 2.05) is 12.3 Å². The van der Waals surface area contributed by atoms with E-state index in [-0.39, 0.29) is 42.0 Å². The van der Waals surface area contributed by atoms with E-state index in [0.717, 1.165) is 24.5 Å². The molecule has 2 N–H and O–H groups in total. The van der Waals surface area contributed by atoms with Gasteiger partial charge >= 0.3 is 6.61 Å². The zero-order chi connectivity index (χ0) is 22.8. The quantitative estimate of drug-likeness (QED) is 0.260. The van der Waals surface area contributed by atoms with Crippen molar-refractivity contribution in [2.75, 3.05) is 31.6 Å². The molecule has 1 aromatic heterocycles. The van der Waals surface area contributed by atoms with Gasteiger partial charge in [-0.25, -0.2) is 4.98 Å². The van der Waals surface area contributed by atoms with Crippen molar-refractivity contribution in [3.8, 4) is 11.5 Å². The topological polar surface area (TPSA) is 71.0 Å². The van der Waals surface area contributed by atoms with Crippen molar-refractivity contribution in [1.29, 1.82) is 0 Å². The Morgan fingerprint density at radius 3 is 2.61 bits per heavy atom. The highest BCUT2D eigenvalue weighted by Crippen LogP contribution is 2.32. The van der Waals surface area contributed by atoms with Crippen LogP contribution in [0.5, 0.6) is 11.5 Å². The second-order valence-corrected chi connectivity index (χ2v) is 7.41. The lowest BCUT2D eigenvalue weighted by Crippen LogP contribution is -2.36. The highest BCUT2D eigenvalue weighted by Gasteiger charge is 2.16. The fourth-order valence-corrected chi connectivity index (χ4v) is 3.64. The fourth-order valence-electron chi connectivity index (χ4n) is 3.64. The molecule has 3 rings (SSSR count). The molecule has 0 amide bonds. The third kappa shape index (κ3) is 8.17. The summed E-state index contributed by atoms with van der Waals surface area (Å²) in [7, 11) is 1.66. The van der Waals surface area contributed by atoms with Gasteiger partial charge in [0.2, 0.25) is 0 Å². The van der Waals surface area contributed by atoms with Crippen LogP contribution in [-0.2, 0) is 13.1 Å². The standard InChI is InChI=1S/C23H31F2N5O2.HI/c1-3-31-19-9-7-8-18(21(19)32-22(24)25)16-29-23(26-2)28-15-17-10-11-27-20(14-17)30-12-5-4-6-13-30;/h7-11,14,22H,3-6,12-13,15-16H2,1-2H3,(H2,26,28,29);1H. The van der Waals surface area contributed by atoms with Crippen LogP contribution in [0.1, 0.15) is 37.3 Å². The molecule has 182 valence electrons. The average molecular weight is 575 g/mol. The second-order valence-electron chi connectivity index (χ2n) is 7.41. The number of para-hydroxylation sites is 1. The first-order chi connectivity index (χ1) is 15.6. The number of nitrogens with one attached hydrogen (secondary N) is 2. The Labute approximate surface area is 211 Å². The normalized spacial score (nSPS) is 14.0. The monoisotopic (exact) mass is 575 g/mol. The summed E-state index contributed by atoms with van der Waals surface area (Å²) < 4.78 is 36.0. The number of alkyl halides is 2. The molecule has 0 aliphatic carbocycles. The van der Waals surface area contributed by atoms with Crippen LogP contribution in [0.25, 0.3) is 0 Å². The molecular weight excluding hydrogens is 543 g/mol. The number of rotatable bonds is 9. The van der Waals surface area contributed by atoms with Crippen LogP contribution in [0.3, 0.4) is 0 Å². The van der Waals surface area contributed by atoms with Crippen LogP contribution < -0.4 is 25.0 Å². The molecule has 0 unspecified atom stereocenters. The van der Waals surface area contributed by atoms with Crippen molar-refractivity contribution in [3.05, 3.63) is 47.7 Å². The summed E-state index contributed by atoms with van der Waals surface area (Å²) in [5, 5.41) is 6.41. The highest BCUT2D eigenvalue weighted by atomic mass is 127. The number of aromatic nitrogens is 1. The lowest BCUT2D eigenvalue weighted by atomic mass is 10.1. The Bertz CT molecular complexity index is 895. The summed E-state index contributed by atoms with van der Waals surface area (Å²) >= 11 is 0. The van der Waals surface area contributed by atoms with Crippen molar-refractivity contribution >= 4 is 35.8 Å². The van der Waals surface area contributed by atoms with Gasteiger partial charge in [0, 0.05) is 45.0 Å². The minimum atomic E-state index is -2.94. The van der Waals surface area contributed by atoms with Gasteiger partial charge < -0.3 is 25.0 Å². The van der Waals surface area contributed by atoms with Crippen LogP contribution in [0, 0.1) is 0 Å². The van der Waals surface area contributed by atoms with Gasteiger partial charge in [0.1, 0.15) is 5.82 Å². The van der Waals surface area contributed by atoms with Crippen molar-refractivity contribution in [3.63, 3.8) is 0 Å². The number of guanidine groups is 1. The Morgan fingerprint density at radius 1 is 1.15 bits per heavy atom. The number of benzene rings is 1. The van der Waals surface area contributed by atoms with Gasteiger partial charge in [-0.2, -0.15) is 8.78 Å². The third-order valence-corrected chi connectivity index (χ3v) is 5.19. The minimum absolute atomic E-state index is 0. The van der Waals surface area contributed by atoms with Crippen molar-refractivity contribution < 1.29 is 18.3 Å². The molecule has 7 nitrogen and oxygen atoms in total. The molecule has 0 radical (unpaired) electrons. The summed E-state index contributed by atoms with van der Waals surface area (Å²) in [6.07, 6.45) is 5.49. The number of nitrogens with zero attached hydrogens (tertiary/aromatic N) is 3. The molecule has 0 atom stereocenters. The number of ether oxygens (including phenoxy) is 2. The maximum Gasteiger partial charge on any atom is 0.387 e. The molecule has 1 aliphatic rings. The van der Waals surface area contributed by atoms with Crippen LogP contribution in [0.4, 0.5) is 14.6 Å². The Morgan fingerprint density at radius 2 is 1.91 bits per heavy atom. The summed E-state index contributed by atoms with van der Waals surface area (Å²) in [5.74, 6) is 1.87. The molecule has 0 bridgehead atoms. The molecule has 33 heavy (non-hydrogen) atoms. The van der Waals surface area contributed by atoms with Gasteiger partial charge in [-0.05, 0) is 49.9 Å². The van der Waals surface area contributed by atoms with E-state index < -0.39 is 6.61 Å². The predicted octanol–water partition coefficient (Wildman–Crippen LogP) is 4.56. The lowest BCUT2D eigenvalue weighted by molar-refractivity contribution is -0.0520. The van der Waals surface area contributed by atoms with Gasteiger partial charge in [0.15, 0.2) is 17.5 Å². The molecule has 2 heterocycles. The molecule has 0 spiro atoms. The molecule has 1 fully saturated rings. The maximum atomic E-state index is 12.9. The number of pyridine rings is 1. The third-order valence-electron chi connectivity index (χ3n) is 5.19. The van der Waals surface area contributed by atoms with Crippen molar-refractivity contribution in [2.45, 2.75) is 45.9 Å². The predicted molar refractivity (Wildman–Crippen MR) is 137 cm³/mol. The molecular formula is C23H32F2IN5O2. The minimum Gasteiger partial charge on any atom is -0.490 e. The van der Waals surface area contributed by atoms with Crippen LogP contribution >= 0.6 is 24.0 Å². The average Bonchev–Trinajstić information content (AvgIpc) is 2.81. The molecule has 1 aromatic carbocycles. The van der Waals surface area contributed by atoms with Gasteiger partial charge in [-0.15, -0.1) is 24.0 Å². The van der Waals surface area contributed by atoms with E-state index in [0.29, 0.717) is 24.7 Å². The van der Waals surface area contributed by atoms with E-state index >= 15 is 0 Å². The van der Waals surface area contributed by atoms with Gasteiger partial charge in [0.05, 0.1) is 6.61 Å². The molecule has 1 saturated heterocycles. The zero-order valence-corrected chi connectivity index (χ0v) is 21.4. The largest absolute Gasteiger partial charge is 0.490 e. The summed E-state index contributed by atoms with van der Waals surface area (Å²) in [5.41, 5.74) is 1.64. The van der Waals surface area contributed by atoms with Gasteiger partial charge in [-0.1, -0.05) is 12.1 Å². The SMILES string of the molecule is CCOc1cccc(CNC(=NC)NCc2ccnc(N3CCCCC3)c2)c1OC(F)F.I. The number of aliphatic imine (C=N–C) groups is 1. The van der Waals surface area contributed by atoms with Crippen molar-refractivity contribution in [2.24, 2.45) is 4.99 Å². The number of hydrogen-bond donors (Lipinski definition) is 2. The molecule has 2 aromatic rings. The van der Waals surface area contributed by atoms with Crippen LogP contribution in [0.15, 0.2) is 41.5 Å². The van der Waals surface area contributed by atoms with Crippen LogP contribution in [-0.4, -0.2) is 44.3 Å². The second kappa shape index (κ2) is 14.0. The Kier molecular flexibility index (Phi) is 11.4. The number of anilines is 1. The highest BCUT2D eigenvalue weighted by molar-refractivity contribution is 14.0. The number of hydrogen-bond acceptors (Lipinski definition) is 5. The zero-order valence-electron chi connectivity index (χ0n) is 19.0. The first-order valence-electron chi connectivity index (χ1n) is 10.9. The van der Waals surface area contributed by atoms with E-state index in [1.165, 1.54) is 19.3 Å². The summed E-state index contributed by atoms with van der Waals surface area (Å²) in [6, 6.07) is 9.13. The number of halogens is 3. The summed E-state index contributed by atoms with van der Waals surface area (Å²) in [4.78, 5) is 11.1. The number of piperidine rings is 1. The fraction of sp³-hybridized carbons (Fsp3) is 0.478. The Balaban J connectivity index is 0.00000385. The molecule has 1 aliphatic heterocycles. The van der Waals surface area contributed by atoms with E-state index in [1.54, 1.807) is 32.2 Å². The van der Waals surface area contributed by atoms with Gasteiger partial charge in [-0.3, -0.25) is 4.99 Å². The molecule has 0 saturated carbocycles. The first-order valence-corrected chi connectivity index (χ1v) is 10.9. The lowest BCUT2D eigenvalue weighted by Gasteiger charge is -2.28. The van der Waals surface area contributed by atoms with Crippen LogP contribution in [0.2, 0.25) is 0 Å². The summed E-state index contributed by atoms with van der Waals surface area (Å²) in [6.45, 7) is 2.09. The maximum absolute atomic E-state index is 12.9.